The van der Waals surface area contributed by atoms with Crippen molar-refractivity contribution < 1.29 is 18.0 Å². The van der Waals surface area contributed by atoms with Gasteiger partial charge in [-0.3, -0.25) is 13.9 Å². The summed E-state index contributed by atoms with van der Waals surface area (Å²) in [6.07, 6.45) is 0.212. The summed E-state index contributed by atoms with van der Waals surface area (Å²) < 4.78 is 29.3. The van der Waals surface area contributed by atoms with Crippen molar-refractivity contribution in [3.8, 4) is 0 Å². The minimum atomic E-state index is -4.22. The molecule has 230 valence electrons. The molecule has 0 heterocycles. The Morgan fingerprint density at radius 1 is 0.841 bits per heavy atom. The number of nitrogens with one attached hydrogen (secondary N) is 1. The number of rotatable bonds is 12. The number of amides is 2. The molecule has 7 nitrogen and oxygen atoms in total. The number of halogens is 2. The number of likely N-dealkylation sites (N-methyl/N-ethyl adjacent to an activating group) is 1. The Labute approximate surface area is 269 Å². The first-order chi connectivity index (χ1) is 21.0. The lowest BCUT2D eigenvalue weighted by Gasteiger charge is -2.34. The van der Waals surface area contributed by atoms with Crippen LogP contribution in [0.25, 0.3) is 0 Å². The van der Waals surface area contributed by atoms with Crippen LogP contribution < -0.4 is 9.62 Å². The average Bonchev–Trinajstić information content (AvgIpc) is 3.00. The van der Waals surface area contributed by atoms with Crippen molar-refractivity contribution in [1.29, 1.82) is 0 Å². The Balaban J connectivity index is 1.82. The summed E-state index contributed by atoms with van der Waals surface area (Å²) in [6, 6.07) is 26.7. The van der Waals surface area contributed by atoms with E-state index in [2.05, 4.69) is 5.32 Å². The molecule has 0 radical (unpaired) electrons. The number of nitrogens with zero attached hydrogens (tertiary/aromatic N) is 2. The highest BCUT2D eigenvalue weighted by atomic mass is 35.5. The van der Waals surface area contributed by atoms with E-state index in [1.807, 2.05) is 44.2 Å². The zero-order valence-corrected chi connectivity index (χ0v) is 27.2. The molecule has 4 aromatic rings. The molecule has 0 aromatic heterocycles. The van der Waals surface area contributed by atoms with Crippen molar-refractivity contribution in [2.75, 3.05) is 17.4 Å². The minimum absolute atomic E-state index is 0.0137. The summed E-state index contributed by atoms with van der Waals surface area (Å²) in [5.74, 6) is -0.937. The second kappa shape index (κ2) is 14.8. The molecule has 0 bridgehead atoms. The standard InChI is InChI=1S/C34H35Cl2N3O4S/c1-4-37-34(41)32(20-26-10-6-5-7-11-26)38(22-27-12-8-9-13-30(27)35)33(40)23-39(28-17-16-25(3)31(36)21-28)44(42,43)29-18-14-24(2)15-19-29/h5-19,21,32H,4,20,22-23H2,1-3H3,(H,37,41)/t32-/m0/s1. The summed E-state index contributed by atoms with van der Waals surface area (Å²) in [4.78, 5) is 29.4. The number of carbonyl (C=O) groups is 2. The van der Waals surface area contributed by atoms with Gasteiger partial charge in [-0.05, 0) is 67.8 Å². The largest absolute Gasteiger partial charge is 0.355 e. The molecule has 0 saturated heterocycles. The molecule has 1 N–H and O–H groups in total. The molecular weight excluding hydrogens is 617 g/mol. The fourth-order valence-electron chi connectivity index (χ4n) is 4.76. The molecule has 10 heteroatoms. The Bertz CT molecular complexity index is 1710. The van der Waals surface area contributed by atoms with Crippen LogP contribution >= 0.6 is 23.2 Å². The number of benzene rings is 4. The van der Waals surface area contributed by atoms with Crippen molar-refractivity contribution in [1.82, 2.24) is 10.2 Å². The third-order valence-corrected chi connectivity index (χ3v) is 9.82. The predicted octanol–water partition coefficient (Wildman–Crippen LogP) is 6.58. The number of carbonyl (C=O) groups excluding carboxylic acids is 2. The van der Waals surface area contributed by atoms with Gasteiger partial charge in [-0.1, -0.05) is 95.5 Å². The van der Waals surface area contributed by atoms with E-state index in [0.29, 0.717) is 22.2 Å². The highest BCUT2D eigenvalue weighted by Gasteiger charge is 2.35. The van der Waals surface area contributed by atoms with Gasteiger partial charge < -0.3 is 10.2 Å². The van der Waals surface area contributed by atoms with E-state index in [-0.39, 0.29) is 29.5 Å². The Morgan fingerprint density at radius 3 is 2.14 bits per heavy atom. The van der Waals surface area contributed by atoms with Crippen LogP contribution in [0.4, 0.5) is 5.69 Å². The van der Waals surface area contributed by atoms with Gasteiger partial charge in [-0.15, -0.1) is 0 Å². The lowest BCUT2D eigenvalue weighted by Crippen LogP contribution is -2.53. The molecule has 0 aliphatic rings. The maximum absolute atomic E-state index is 14.4. The SMILES string of the molecule is CCNC(=O)[C@H](Cc1ccccc1)N(Cc1ccccc1Cl)C(=O)CN(c1ccc(C)c(Cl)c1)S(=O)(=O)c1ccc(C)cc1. The summed E-state index contributed by atoms with van der Waals surface area (Å²) in [7, 11) is -4.22. The van der Waals surface area contributed by atoms with E-state index in [1.54, 1.807) is 55.5 Å². The minimum Gasteiger partial charge on any atom is -0.355 e. The summed E-state index contributed by atoms with van der Waals surface area (Å²) >= 11 is 12.9. The highest BCUT2D eigenvalue weighted by Crippen LogP contribution is 2.29. The summed E-state index contributed by atoms with van der Waals surface area (Å²) in [5.41, 5.74) is 3.34. The van der Waals surface area contributed by atoms with Gasteiger partial charge in [0.1, 0.15) is 12.6 Å². The normalized spacial score (nSPS) is 11.9. The lowest BCUT2D eigenvalue weighted by atomic mass is 10.0. The van der Waals surface area contributed by atoms with Crippen molar-refractivity contribution in [2.45, 2.75) is 44.7 Å². The Kier molecular flexibility index (Phi) is 11.1. The molecule has 4 rings (SSSR count). The van der Waals surface area contributed by atoms with Crippen LogP contribution in [-0.4, -0.2) is 44.3 Å². The van der Waals surface area contributed by atoms with E-state index in [0.717, 1.165) is 21.0 Å². The average molecular weight is 653 g/mol. The lowest BCUT2D eigenvalue weighted by molar-refractivity contribution is -0.140. The second-order valence-electron chi connectivity index (χ2n) is 10.5. The van der Waals surface area contributed by atoms with Crippen LogP contribution in [0.2, 0.25) is 10.0 Å². The quantitative estimate of drug-likeness (QED) is 0.187. The van der Waals surface area contributed by atoms with Crippen LogP contribution in [0, 0.1) is 13.8 Å². The number of hydrogen-bond acceptors (Lipinski definition) is 4. The zero-order valence-electron chi connectivity index (χ0n) is 24.8. The molecular formula is C34H35Cl2N3O4S. The van der Waals surface area contributed by atoms with E-state index in [1.165, 1.54) is 23.1 Å². The fraction of sp³-hybridized carbons (Fsp3) is 0.235. The number of sulfonamides is 1. The van der Waals surface area contributed by atoms with Crippen molar-refractivity contribution in [3.05, 3.63) is 129 Å². The molecule has 0 unspecified atom stereocenters. The first kappa shape index (κ1) is 33.1. The van der Waals surface area contributed by atoms with Gasteiger partial charge in [0.2, 0.25) is 11.8 Å². The highest BCUT2D eigenvalue weighted by molar-refractivity contribution is 7.92. The number of aryl methyl sites for hydroxylation is 2. The molecule has 0 spiro atoms. The van der Waals surface area contributed by atoms with Crippen molar-refractivity contribution in [3.63, 3.8) is 0 Å². The number of hydrogen-bond donors (Lipinski definition) is 1. The zero-order chi connectivity index (χ0) is 31.9. The van der Waals surface area contributed by atoms with Gasteiger partial charge >= 0.3 is 0 Å². The predicted molar refractivity (Wildman–Crippen MR) is 177 cm³/mol. The molecule has 0 aliphatic carbocycles. The van der Waals surface area contributed by atoms with E-state index >= 15 is 0 Å². The smallest absolute Gasteiger partial charge is 0.264 e. The molecule has 0 aliphatic heterocycles. The van der Waals surface area contributed by atoms with Gasteiger partial charge in [-0.2, -0.15) is 0 Å². The van der Waals surface area contributed by atoms with Crippen LogP contribution in [-0.2, 0) is 32.6 Å². The Morgan fingerprint density at radius 2 is 1.50 bits per heavy atom. The van der Waals surface area contributed by atoms with Crippen LogP contribution in [0.3, 0.4) is 0 Å². The van der Waals surface area contributed by atoms with Gasteiger partial charge in [0.25, 0.3) is 10.0 Å². The fourth-order valence-corrected chi connectivity index (χ4v) is 6.54. The van der Waals surface area contributed by atoms with Gasteiger partial charge in [0, 0.05) is 29.6 Å². The molecule has 1 atom stereocenters. The summed E-state index contributed by atoms with van der Waals surface area (Å²) in [5, 5.41) is 3.63. The van der Waals surface area contributed by atoms with Crippen LogP contribution in [0.1, 0.15) is 29.2 Å². The molecule has 0 saturated carbocycles. The second-order valence-corrected chi connectivity index (χ2v) is 13.1. The summed E-state index contributed by atoms with van der Waals surface area (Å²) in [6.45, 7) is 5.23. The third kappa shape index (κ3) is 8.00. The van der Waals surface area contributed by atoms with Gasteiger partial charge in [0.05, 0.1) is 10.6 Å². The molecule has 4 aromatic carbocycles. The van der Waals surface area contributed by atoms with Gasteiger partial charge in [0.15, 0.2) is 0 Å². The maximum Gasteiger partial charge on any atom is 0.264 e. The van der Waals surface area contributed by atoms with E-state index in [4.69, 9.17) is 23.2 Å². The molecule has 44 heavy (non-hydrogen) atoms. The maximum atomic E-state index is 14.4. The topological polar surface area (TPSA) is 86.8 Å². The van der Waals surface area contributed by atoms with Gasteiger partial charge in [-0.25, -0.2) is 8.42 Å². The van der Waals surface area contributed by atoms with Crippen molar-refractivity contribution in [2.24, 2.45) is 0 Å². The molecule has 0 fully saturated rings. The molecule has 2 amide bonds. The van der Waals surface area contributed by atoms with Crippen LogP contribution in [0.15, 0.2) is 102 Å². The first-order valence-electron chi connectivity index (χ1n) is 14.2. The van der Waals surface area contributed by atoms with Crippen LogP contribution in [0.5, 0.6) is 0 Å². The van der Waals surface area contributed by atoms with E-state index < -0.39 is 28.5 Å². The number of anilines is 1. The Hall–Kier alpha value is -3.85. The first-order valence-corrected chi connectivity index (χ1v) is 16.4. The third-order valence-electron chi connectivity index (χ3n) is 7.25. The monoisotopic (exact) mass is 651 g/mol. The van der Waals surface area contributed by atoms with E-state index in [9.17, 15) is 18.0 Å². The van der Waals surface area contributed by atoms with Crippen molar-refractivity contribution >= 4 is 50.7 Å².